The summed E-state index contributed by atoms with van der Waals surface area (Å²) in [7, 11) is 0. The SMILES string of the molecule is CCc1cccc(CC)c1-n1nc2c(c1-c1ccc(C)c3[nH]ccc13)CN(c1ncc(C)c(CO)n1)CC2. The van der Waals surface area contributed by atoms with E-state index < -0.39 is 0 Å². The van der Waals surface area contributed by atoms with Crippen molar-refractivity contribution in [1.82, 2.24) is 24.7 Å². The van der Waals surface area contributed by atoms with Gasteiger partial charge in [-0.15, -0.1) is 0 Å². The number of aliphatic hydroxyl groups is 1. The highest BCUT2D eigenvalue weighted by atomic mass is 16.3. The van der Waals surface area contributed by atoms with Gasteiger partial charge >= 0.3 is 0 Å². The molecule has 0 fully saturated rings. The number of anilines is 1. The highest BCUT2D eigenvalue weighted by Crippen LogP contribution is 2.39. The number of hydrogen-bond acceptors (Lipinski definition) is 5. The van der Waals surface area contributed by atoms with Crippen molar-refractivity contribution < 1.29 is 5.11 Å². The highest BCUT2D eigenvalue weighted by molar-refractivity contribution is 5.97. The molecule has 38 heavy (non-hydrogen) atoms. The van der Waals surface area contributed by atoms with E-state index in [1.54, 1.807) is 0 Å². The standard InChI is InChI=1S/C31H34N6O/c1-5-21-8-7-9-22(6-2)29(21)37-30(24-11-10-19(3)28-23(24)12-14-32-28)25-17-36(15-13-26(25)35-37)31-33-16-20(4)27(18-38)34-31/h7-12,14,16,32,38H,5-6,13,15,17-18H2,1-4H3. The molecule has 1 aliphatic rings. The van der Waals surface area contributed by atoms with Gasteiger partial charge in [-0.1, -0.05) is 44.2 Å². The summed E-state index contributed by atoms with van der Waals surface area (Å²) in [6.07, 6.45) is 6.51. The molecule has 194 valence electrons. The molecule has 0 saturated heterocycles. The molecule has 0 unspecified atom stereocenters. The maximum absolute atomic E-state index is 9.80. The number of aromatic amines is 1. The number of para-hydroxylation sites is 1. The van der Waals surface area contributed by atoms with Crippen LogP contribution in [0.25, 0.3) is 27.8 Å². The molecular formula is C31H34N6O. The molecule has 3 aromatic heterocycles. The second-order valence-corrected chi connectivity index (χ2v) is 10.1. The number of aryl methyl sites for hydroxylation is 4. The predicted octanol–water partition coefficient (Wildman–Crippen LogP) is 5.61. The van der Waals surface area contributed by atoms with Gasteiger partial charge in [0.15, 0.2) is 0 Å². The summed E-state index contributed by atoms with van der Waals surface area (Å²) in [4.78, 5) is 15.0. The van der Waals surface area contributed by atoms with E-state index in [-0.39, 0.29) is 6.61 Å². The Kier molecular flexibility index (Phi) is 6.24. The third kappa shape index (κ3) is 3.89. The third-order valence-corrected chi connectivity index (χ3v) is 7.89. The Balaban J connectivity index is 1.59. The van der Waals surface area contributed by atoms with Gasteiger partial charge in [-0.05, 0) is 55.0 Å². The van der Waals surface area contributed by atoms with Crippen molar-refractivity contribution >= 4 is 16.9 Å². The van der Waals surface area contributed by atoms with Gasteiger partial charge in [-0.25, -0.2) is 14.6 Å². The number of aliphatic hydroxyl groups excluding tert-OH is 1. The number of hydrogen-bond donors (Lipinski definition) is 2. The molecule has 0 atom stereocenters. The Hall–Kier alpha value is -3.97. The van der Waals surface area contributed by atoms with Crippen LogP contribution >= 0.6 is 0 Å². The fourth-order valence-corrected chi connectivity index (χ4v) is 5.76. The van der Waals surface area contributed by atoms with E-state index in [4.69, 9.17) is 10.1 Å². The van der Waals surface area contributed by atoms with Crippen LogP contribution in [0.5, 0.6) is 0 Å². The lowest BCUT2D eigenvalue weighted by Gasteiger charge is -2.27. The Labute approximate surface area is 223 Å². The molecule has 0 aliphatic carbocycles. The van der Waals surface area contributed by atoms with Crippen LogP contribution in [0, 0.1) is 13.8 Å². The summed E-state index contributed by atoms with van der Waals surface area (Å²) in [5, 5.41) is 16.3. The third-order valence-electron chi connectivity index (χ3n) is 7.89. The van der Waals surface area contributed by atoms with Crippen molar-refractivity contribution in [3.63, 3.8) is 0 Å². The zero-order valence-corrected chi connectivity index (χ0v) is 22.5. The Morgan fingerprint density at radius 2 is 1.79 bits per heavy atom. The lowest BCUT2D eigenvalue weighted by Crippen LogP contribution is -2.32. The van der Waals surface area contributed by atoms with Crippen LogP contribution < -0.4 is 4.90 Å². The van der Waals surface area contributed by atoms with Crippen LogP contribution in [-0.4, -0.2) is 36.4 Å². The lowest BCUT2D eigenvalue weighted by molar-refractivity contribution is 0.275. The topological polar surface area (TPSA) is 82.9 Å². The van der Waals surface area contributed by atoms with Crippen molar-refractivity contribution in [3.05, 3.63) is 88.0 Å². The van der Waals surface area contributed by atoms with Gasteiger partial charge in [0.2, 0.25) is 5.95 Å². The quantitative estimate of drug-likeness (QED) is 0.313. The van der Waals surface area contributed by atoms with Gasteiger partial charge in [-0.2, -0.15) is 5.10 Å². The summed E-state index contributed by atoms with van der Waals surface area (Å²) in [5.74, 6) is 0.655. The predicted molar refractivity (Wildman–Crippen MR) is 152 cm³/mol. The number of fused-ring (bicyclic) bond motifs is 2. The molecular weight excluding hydrogens is 472 g/mol. The highest BCUT2D eigenvalue weighted by Gasteiger charge is 2.29. The molecule has 0 saturated carbocycles. The van der Waals surface area contributed by atoms with Crippen LogP contribution in [0.2, 0.25) is 0 Å². The zero-order chi connectivity index (χ0) is 26.4. The van der Waals surface area contributed by atoms with Crippen LogP contribution in [0.4, 0.5) is 5.95 Å². The van der Waals surface area contributed by atoms with E-state index in [2.05, 4.69) is 76.7 Å². The molecule has 2 N–H and O–H groups in total. The normalized spacial score (nSPS) is 13.3. The molecule has 4 heterocycles. The summed E-state index contributed by atoms with van der Waals surface area (Å²) in [6.45, 7) is 9.86. The first-order chi connectivity index (χ1) is 18.5. The van der Waals surface area contributed by atoms with E-state index in [9.17, 15) is 5.11 Å². The lowest BCUT2D eigenvalue weighted by atomic mass is 9.96. The summed E-state index contributed by atoms with van der Waals surface area (Å²) in [5.41, 5.74) is 12.4. The minimum atomic E-state index is -0.0912. The van der Waals surface area contributed by atoms with Crippen molar-refractivity contribution in [3.8, 4) is 16.9 Å². The van der Waals surface area contributed by atoms with Gasteiger partial charge in [0.05, 0.1) is 29.4 Å². The average Bonchev–Trinajstić information content (AvgIpc) is 3.59. The first kappa shape index (κ1) is 24.4. The molecule has 5 aromatic rings. The second kappa shape index (κ2) is 9.72. The Morgan fingerprint density at radius 3 is 2.53 bits per heavy atom. The number of nitrogens with zero attached hydrogens (tertiary/aromatic N) is 5. The van der Waals surface area contributed by atoms with E-state index in [0.29, 0.717) is 18.2 Å². The molecule has 0 radical (unpaired) electrons. The first-order valence-corrected chi connectivity index (χ1v) is 13.5. The zero-order valence-electron chi connectivity index (χ0n) is 22.5. The molecule has 0 amide bonds. The van der Waals surface area contributed by atoms with Gasteiger partial charge in [0.1, 0.15) is 0 Å². The van der Waals surface area contributed by atoms with E-state index in [1.807, 2.05) is 19.3 Å². The monoisotopic (exact) mass is 506 g/mol. The smallest absolute Gasteiger partial charge is 0.225 e. The number of H-pyrrole nitrogens is 1. The van der Waals surface area contributed by atoms with Crippen molar-refractivity contribution in [2.24, 2.45) is 0 Å². The summed E-state index contributed by atoms with van der Waals surface area (Å²) in [6, 6.07) is 13.2. The van der Waals surface area contributed by atoms with Crippen molar-refractivity contribution in [2.75, 3.05) is 11.4 Å². The van der Waals surface area contributed by atoms with Crippen LogP contribution in [0.15, 0.2) is 48.8 Å². The van der Waals surface area contributed by atoms with Gasteiger partial charge in [0, 0.05) is 53.9 Å². The van der Waals surface area contributed by atoms with Gasteiger partial charge in [-0.3, -0.25) is 0 Å². The minimum absolute atomic E-state index is 0.0912. The first-order valence-electron chi connectivity index (χ1n) is 13.5. The largest absolute Gasteiger partial charge is 0.390 e. The fourth-order valence-electron chi connectivity index (χ4n) is 5.76. The number of aromatic nitrogens is 5. The van der Waals surface area contributed by atoms with Crippen molar-refractivity contribution in [2.45, 2.75) is 60.1 Å². The average molecular weight is 507 g/mol. The Morgan fingerprint density at radius 1 is 1.00 bits per heavy atom. The molecule has 7 nitrogen and oxygen atoms in total. The summed E-state index contributed by atoms with van der Waals surface area (Å²) < 4.78 is 2.22. The maximum atomic E-state index is 9.80. The molecule has 0 bridgehead atoms. The van der Waals surface area contributed by atoms with Crippen LogP contribution in [0.3, 0.4) is 0 Å². The Bertz CT molecular complexity index is 1620. The van der Waals surface area contributed by atoms with Gasteiger partial charge < -0.3 is 15.0 Å². The van der Waals surface area contributed by atoms with Crippen LogP contribution in [0.1, 0.15) is 53.1 Å². The van der Waals surface area contributed by atoms with E-state index in [1.165, 1.54) is 38.9 Å². The van der Waals surface area contributed by atoms with Crippen LogP contribution in [-0.2, 0) is 32.4 Å². The minimum Gasteiger partial charge on any atom is -0.390 e. The summed E-state index contributed by atoms with van der Waals surface area (Å²) >= 11 is 0. The molecule has 1 aliphatic heterocycles. The molecule has 0 spiro atoms. The second-order valence-electron chi connectivity index (χ2n) is 10.1. The van der Waals surface area contributed by atoms with E-state index >= 15 is 0 Å². The van der Waals surface area contributed by atoms with Gasteiger partial charge in [0.25, 0.3) is 0 Å². The number of rotatable bonds is 6. The number of nitrogens with one attached hydrogen (secondary N) is 1. The molecule has 7 heteroatoms. The maximum Gasteiger partial charge on any atom is 0.225 e. The molecule has 2 aromatic carbocycles. The molecule has 6 rings (SSSR count). The van der Waals surface area contributed by atoms with E-state index in [0.717, 1.165) is 48.3 Å². The number of benzene rings is 2. The van der Waals surface area contributed by atoms with Crippen molar-refractivity contribution in [1.29, 1.82) is 0 Å². The fraction of sp³-hybridized carbons (Fsp3) is 0.323.